The quantitative estimate of drug-likeness (QED) is 0.563. The van der Waals surface area contributed by atoms with Crippen molar-refractivity contribution in [3.8, 4) is 16.9 Å². The monoisotopic (exact) mass is 446 g/mol. The van der Waals surface area contributed by atoms with E-state index in [1.807, 2.05) is 25.1 Å². The number of nitrogens with zero attached hydrogens (tertiary/aromatic N) is 2. The Morgan fingerprint density at radius 3 is 2.60 bits per heavy atom. The van der Waals surface area contributed by atoms with Gasteiger partial charge in [0.15, 0.2) is 11.6 Å². The minimum atomic E-state index is -0.915. The van der Waals surface area contributed by atoms with Crippen LogP contribution >= 0.6 is 23.2 Å². The summed E-state index contributed by atoms with van der Waals surface area (Å²) in [6.07, 6.45) is 2.08. The number of rotatable bonds is 5. The summed E-state index contributed by atoms with van der Waals surface area (Å²) in [4.78, 5) is 8.71. The van der Waals surface area contributed by atoms with Crippen LogP contribution in [0.15, 0.2) is 48.8 Å². The van der Waals surface area contributed by atoms with Gasteiger partial charge in [-0.1, -0.05) is 29.3 Å². The second-order valence-electron chi connectivity index (χ2n) is 7.29. The van der Waals surface area contributed by atoms with Gasteiger partial charge in [-0.05, 0) is 37.3 Å². The number of nitrogen functional groups attached to an aromatic ring is 1. The fourth-order valence-electron chi connectivity index (χ4n) is 3.52. The number of nitrogens with two attached hydrogens (primary N) is 1. The summed E-state index contributed by atoms with van der Waals surface area (Å²) in [5.41, 5.74) is 9.15. The number of hydrogen-bond acceptors (Lipinski definition) is 5. The molecule has 1 fully saturated rings. The molecule has 30 heavy (non-hydrogen) atoms. The van der Waals surface area contributed by atoms with Crippen LogP contribution in [-0.2, 0) is 0 Å². The molecule has 0 bridgehead atoms. The predicted molar refractivity (Wildman–Crippen MR) is 118 cm³/mol. The Labute approximate surface area is 184 Å². The van der Waals surface area contributed by atoms with Gasteiger partial charge in [-0.25, -0.2) is 9.37 Å². The molecule has 4 rings (SSSR count). The number of ether oxygens (including phenoxy) is 1. The maximum absolute atomic E-state index is 13.9. The molecule has 1 aromatic carbocycles. The molecule has 0 spiro atoms. The molecule has 0 aliphatic carbocycles. The van der Waals surface area contributed by atoms with Crippen LogP contribution in [-0.4, -0.2) is 29.2 Å². The summed E-state index contributed by atoms with van der Waals surface area (Å²) >= 11 is 12.4. The Kier molecular flexibility index (Phi) is 6.09. The highest BCUT2D eigenvalue weighted by Crippen LogP contribution is 2.34. The number of benzene rings is 1. The van der Waals surface area contributed by atoms with E-state index in [4.69, 9.17) is 33.7 Å². The first-order chi connectivity index (χ1) is 14.4. The third-order valence-electron chi connectivity index (χ3n) is 5.22. The van der Waals surface area contributed by atoms with Crippen LogP contribution < -0.4 is 15.8 Å². The maximum atomic E-state index is 13.9. The van der Waals surface area contributed by atoms with E-state index < -0.39 is 6.17 Å². The average Bonchev–Trinajstić information content (AvgIpc) is 3.17. The van der Waals surface area contributed by atoms with Crippen LogP contribution in [0.4, 0.5) is 10.2 Å². The molecule has 0 radical (unpaired) electrons. The van der Waals surface area contributed by atoms with E-state index in [1.165, 1.54) is 0 Å². The molecular formula is C22H21Cl2FN4O. The van der Waals surface area contributed by atoms with Gasteiger partial charge >= 0.3 is 0 Å². The van der Waals surface area contributed by atoms with Crippen molar-refractivity contribution < 1.29 is 9.13 Å². The predicted octanol–water partition coefficient (Wildman–Crippen LogP) is 5.20. The normalized spacial score (nSPS) is 19.6. The van der Waals surface area contributed by atoms with E-state index in [-0.39, 0.29) is 17.8 Å². The molecule has 2 aromatic heterocycles. The van der Waals surface area contributed by atoms with E-state index in [0.29, 0.717) is 28.9 Å². The summed E-state index contributed by atoms with van der Waals surface area (Å²) in [7, 11) is 0. The lowest BCUT2D eigenvalue weighted by atomic mass is 10.0. The zero-order chi connectivity index (χ0) is 21.3. The highest BCUT2D eigenvalue weighted by Gasteiger charge is 2.29. The Balaban J connectivity index is 1.56. The molecule has 3 N–H and O–H groups in total. The highest BCUT2D eigenvalue weighted by molar-refractivity contribution is 6.33. The van der Waals surface area contributed by atoms with Gasteiger partial charge in [0.2, 0.25) is 0 Å². The lowest BCUT2D eigenvalue weighted by molar-refractivity contribution is 0.228. The Morgan fingerprint density at radius 1 is 1.10 bits per heavy atom. The first-order valence-corrected chi connectivity index (χ1v) is 10.4. The number of anilines is 1. The number of hydrogen-bond donors (Lipinski definition) is 2. The highest BCUT2D eigenvalue weighted by atomic mass is 35.5. The number of alkyl halides is 1. The molecular weight excluding hydrogens is 426 g/mol. The minimum Gasteiger partial charge on any atom is -0.482 e. The third kappa shape index (κ3) is 4.36. The molecule has 0 amide bonds. The molecule has 1 saturated heterocycles. The van der Waals surface area contributed by atoms with E-state index in [0.717, 1.165) is 22.4 Å². The first kappa shape index (κ1) is 20.8. The van der Waals surface area contributed by atoms with Crippen LogP contribution in [0.25, 0.3) is 11.1 Å². The smallest absolute Gasteiger partial charge is 0.166 e. The standard InChI is InChI=1S/C22H21Cl2FN4O/c1-12(16-7-15(23)3-4-18(16)24)30-21-6-14(9-29-22(21)26)13-2-5-20(28-8-13)17-10-27-11-19(17)25/h2-9,12,17,19,27H,10-11H2,1H3,(H2,26,29). The minimum absolute atomic E-state index is 0.217. The fraction of sp³-hybridized carbons (Fsp3) is 0.273. The average molecular weight is 447 g/mol. The number of aromatic nitrogens is 2. The summed E-state index contributed by atoms with van der Waals surface area (Å²) in [6, 6.07) is 10.8. The van der Waals surface area contributed by atoms with Gasteiger partial charge < -0.3 is 15.8 Å². The summed E-state index contributed by atoms with van der Waals surface area (Å²) < 4.78 is 20.0. The Morgan fingerprint density at radius 2 is 1.90 bits per heavy atom. The van der Waals surface area contributed by atoms with Crippen molar-refractivity contribution >= 4 is 29.0 Å². The fourth-order valence-corrected chi connectivity index (χ4v) is 3.97. The van der Waals surface area contributed by atoms with Crippen molar-refractivity contribution in [3.63, 3.8) is 0 Å². The summed E-state index contributed by atoms with van der Waals surface area (Å²) in [6.45, 7) is 2.83. The first-order valence-electron chi connectivity index (χ1n) is 9.60. The number of nitrogens with one attached hydrogen (secondary N) is 1. The van der Waals surface area contributed by atoms with Gasteiger partial charge in [0, 0.05) is 63.8 Å². The summed E-state index contributed by atoms with van der Waals surface area (Å²) in [5.74, 6) is 0.486. The van der Waals surface area contributed by atoms with Gasteiger partial charge in [0.05, 0.1) is 0 Å². The van der Waals surface area contributed by atoms with Gasteiger partial charge in [-0.2, -0.15) is 0 Å². The van der Waals surface area contributed by atoms with Crippen molar-refractivity contribution in [1.82, 2.24) is 15.3 Å². The maximum Gasteiger partial charge on any atom is 0.166 e. The molecule has 3 heterocycles. The second-order valence-corrected chi connectivity index (χ2v) is 8.13. The molecule has 0 saturated carbocycles. The molecule has 3 unspecified atom stereocenters. The number of halogens is 3. The lowest BCUT2D eigenvalue weighted by Crippen LogP contribution is -2.12. The number of pyridine rings is 2. The molecule has 1 aliphatic heterocycles. The van der Waals surface area contributed by atoms with Gasteiger partial charge in [0.1, 0.15) is 12.3 Å². The molecule has 156 valence electrons. The third-order valence-corrected chi connectivity index (χ3v) is 5.80. The largest absolute Gasteiger partial charge is 0.482 e. The van der Waals surface area contributed by atoms with Gasteiger partial charge in [-0.15, -0.1) is 0 Å². The van der Waals surface area contributed by atoms with Crippen molar-refractivity contribution in [1.29, 1.82) is 0 Å². The van der Waals surface area contributed by atoms with E-state index >= 15 is 0 Å². The van der Waals surface area contributed by atoms with Crippen molar-refractivity contribution in [2.24, 2.45) is 0 Å². The van der Waals surface area contributed by atoms with Gasteiger partial charge in [0.25, 0.3) is 0 Å². The van der Waals surface area contributed by atoms with E-state index in [2.05, 4.69) is 15.3 Å². The SMILES string of the molecule is CC(Oc1cc(-c2ccc(C3CNCC3F)nc2)cnc1N)c1cc(Cl)ccc1Cl. The summed E-state index contributed by atoms with van der Waals surface area (Å²) in [5, 5.41) is 4.18. The van der Waals surface area contributed by atoms with Crippen molar-refractivity contribution in [3.05, 3.63) is 70.1 Å². The molecule has 1 aliphatic rings. The molecule has 8 heteroatoms. The molecule has 3 atom stereocenters. The van der Waals surface area contributed by atoms with Crippen LogP contribution in [0, 0.1) is 0 Å². The van der Waals surface area contributed by atoms with Crippen LogP contribution in [0.3, 0.4) is 0 Å². The topological polar surface area (TPSA) is 73.1 Å². The van der Waals surface area contributed by atoms with E-state index in [9.17, 15) is 4.39 Å². The second kappa shape index (κ2) is 8.76. The van der Waals surface area contributed by atoms with E-state index in [1.54, 1.807) is 30.6 Å². The van der Waals surface area contributed by atoms with Crippen LogP contribution in [0.2, 0.25) is 10.0 Å². The Hall–Kier alpha value is -2.41. The zero-order valence-electron chi connectivity index (χ0n) is 16.3. The lowest BCUT2D eigenvalue weighted by Gasteiger charge is -2.18. The van der Waals surface area contributed by atoms with Gasteiger partial charge in [-0.3, -0.25) is 4.98 Å². The Bertz CT molecular complexity index is 1050. The zero-order valence-corrected chi connectivity index (χ0v) is 17.8. The van der Waals surface area contributed by atoms with Crippen molar-refractivity contribution in [2.75, 3.05) is 18.8 Å². The van der Waals surface area contributed by atoms with Crippen LogP contribution in [0.1, 0.15) is 30.2 Å². The molecule has 5 nitrogen and oxygen atoms in total. The van der Waals surface area contributed by atoms with Crippen LogP contribution in [0.5, 0.6) is 5.75 Å². The van der Waals surface area contributed by atoms with Crippen molar-refractivity contribution in [2.45, 2.75) is 25.1 Å². The molecule has 3 aromatic rings.